The van der Waals surface area contributed by atoms with Crippen LogP contribution in [0.2, 0.25) is 5.02 Å². The van der Waals surface area contributed by atoms with Crippen LogP contribution in [0.1, 0.15) is 5.01 Å². The first-order valence-electron chi connectivity index (χ1n) is 5.76. The van der Waals surface area contributed by atoms with Crippen molar-refractivity contribution in [3.8, 4) is 0 Å². The van der Waals surface area contributed by atoms with E-state index in [4.69, 9.17) is 11.6 Å². The summed E-state index contributed by atoms with van der Waals surface area (Å²) in [6, 6.07) is 12.8. The summed E-state index contributed by atoms with van der Waals surface area (Å²) in [5.41, 5.74) is 1.36. The van der Waals surface area contributed by atoms with Gasteiger partial charge in [0.05, 0.1) is 27.5 Å². The zero-order chi connectivity index (χ0) is 13.2. The molecule has 0 unspecified atom stereocenters. The maximum absolute atomic E-state index is 13.7. The number of fused-ring (bicyclic) bond motifs is 1. The van der Waals surface area contributed by atoms with E-state index in [1.54, 1.807) is 23.5 Å². The van der Waals surface area contributed by atoms with Gasteiger partial charge >= 0.3 is 0 Å². The Morgan fingerprint density at radius 2 is 2.00 bits per heavy atom. The number of aromatic nitrogens is 1. The molecule has 1 N–H and O–H groups in total. The van der Waals surface area contributed by atoms with Gasteiger partial charge in [0.2, 0.25) is 0 Å². The lowest BCUT2D eigenvalue weighted by atomic mass is 10.3. The van der Waals surface area contributed by atoms with Crippen LogP contribution in [0, 0.1) is 5.82 Å². The van der Waals surface area contributed by atoms with Crippen LogP contribution >= 0.6 is 22.9 Å². The second-order valence-electron chi connectivity index (χ2n) is 4.03. The summed E-state index contributed by atoms with van der Waals surface area (Å²) in [4.78, 5) is 4.48. The molecule has 0 bridgehead atoms. The number of para-hydroxylation sites is 1. The van der Waals surface area contributed by atoms with Crippen LogP contribution in [0.15, 0.2) is 42.5 Å². The summed E-state index contributed by atoms with van der Waals surface area (Å²) in [6.07, 6.45) is 0. The number of rotatable bonds is 3. The van der Waals surface area contributed by atoms with Gasteiger partial charge in [-0.25, -0.2) is 9.37 Å². The van der Waals surface area contributed by atoms with Gasteiger partial charge in [-0.05, 0) is 24.3 Å². The molecule has 0 spiro atoms. The van der Waals surface area contributed by atoms with Crippen LogP contribution in [0.4, 0.5) is 10.1 Å². The van der Waals surface area contributed by atoms with E-state index >= 15 is 0 Å². The monoisotopic (exact) mass is 292 g/mol. The Kier molecular flexibility index (Phi) is 3.36. The molecule has 0 amide bonds. The van der Waals surface area contributed by atoms with E-state index in [1.165, 1.54) is 6.07 Å². The van der Waals surface area contributed by atoms with Crippen LogP contribution in [0.3, 0.4) is 0 Å². The highest BCUT2D eigenvalue weighted by Gasteiger charge is 2.07. The van der Waals surface area contributed by atoms with Crippen molar-refractivity contribution >= 4 is 38.8 Å². The lowest BCUT2D eigenvalue weighted by molar-refractivity contribution is 0.630. The smallest absolute Gasteiger partial charge is 0.164 e. The standard InChI is InChI=1S/C14H10ClFN2S/c15-9-4-3-6-11(14(9)16)17-8-13-18-10-5-1-2-7-12(10)19-13/h1-7,17H,8H2. The molecule has 0 saturated heterocycles. The van der Waals surface area contributed by atoms with Crippen LogP contribution in [-0.4, -0.2) is 4.98 Å². The van der Waals surface area contributed by atoms with Crippen molar-refractivity contribution < 1.29 is 4.39 Å². The van der Waals surface area contributed by atoms with Crippen molar-refractivity contribution in [2.45, 2.75) is 6.54 Å². The average Bonchev–Trinajstić information content (AvgIpc) is 2.83. The molecule has 0 aliphatic rings. The highest BCUT2D eigenvalue weighted by atomic mass is 35.5. The first-order chi connectivity index (χ1) is 9.24. The summed E-state index contributed by atoms with van der Waals surface area (Å²) in [6.45, 7) is 0.483. The van der Waals surface area contributed by atoms with Crippen molar-refractivity contribution in [3.63, 3.8) is 0 Å². The van der Waals surface area contributed by atoms with E-state index in [9.17, 15) is 4.39 Å². The van der Waals surface area contributed by atoms with Crippen LogP contribution < -0.4 is 5.32 Å². The number of thiazole rings is 1. The number of anilines is 1. The Hall–Kier alpha value is -1.65. The van der Waals surface area contributed by atoms with Gasteiger partial charge in [-0.2, -0.15) is 0 Å². The zero-order valence-corrected chi connectivity index (χ0v) is 11.4. The minimum Gasteiger partial charge on any atom is -0.376 e. The molecule has 96 valence electrons. The van der Waals surface area contributed by atoms with Gasteiger partial charge < -0.3 is 5.32 Å². The zero-order valence-electron chi connectivity index (χ0n) is 9.86. The quantitative estimate of drug-likeness (QED) is 0.757. The van der Waals surface area contributed by atoms with E-state index in [2.05, 4.69) is 10.3 Å². The Morgan fingerprint density at radius 1 is 1.16 bits per heavy atom. The number of nitrogens with zero attached hydrogens (tertiary/aromatic N) is 1. The summed E-state index contributed by atoms with van der Waals surface area (Å²) >= 11 is 7.33. The molecule has 0 aliphatic carbocycles. The van der Waals surface area contributed by atoms with Crippen LogP contribution in [0.25, 0.3) is 10.2 Å². The van der Waals surface area contributed by atoms with Crippen molar-refractivity contribution in [2.24, 2.45) is 0 Å². The van der Waals surface area contributed by atoms with Gasteiger partial charge in [0.15, 0.2) is 5.82 Å². The molecule has 0 radical (unpaired) electrons. The third kappa shape index (κ3) is 2.55. The Balaban J connectivity index is 1.80. The minimum absolute atomic E-state index is 0.120. The Labute approximate surface area is 118 Å². The van der Waals surface area contributed by atoms with E-state index < -0.39 is 5.82 Å². The summed E-state index contributed by atoms with van der Waals surface area (Å²) < 4.78 is 14.8. The molecular formula is C14H10ClFN2S. The number of hydrogen-bond donors (Lipinski definition) is 1. The molecule has 0 aliphatic heterocycles. The summed E-state index contributed by atoms with van der Waals surface area (Å²) in [7, 11) is 0. The highest BCUT2D eigenvalue weighted by Crippen LogP contribution is 2.25. The van der Waals surface area contributed by atoms with Crippen molar-refractivity contribution in [3.05, 3.63) is 58.3 Å². The first-order valence-corrected chi connectivity index (χ1v) is 6.96. The Bertz CT molecular complexity index is 693. The van der Waals surface area contributed by atoms with Crippen LogP contribution in [0.5, 0.6) is 0 Å². The van der Waals surface area contributed by atoms with Gasteiger partial charge in [-0.3, -0.25) is 0 Å². The van der Waals surface area contributed by atoms with Gasteiger partial charge in [0.1, 0.15) is 5.01 Å². The van der Waals surface area contributed by atoms with Gasteiger partial charge in [-0.1, -0.05) is 29.8 Å². The number of nitrogens with one attached hydrogen (secondary N) is 1. The summed E-state index contributed by atoms with van der Waals surface area (Å²) in [5.74, 6) is -0.426. The topological polar surface area (TPSA) is 24.9 Å². The molecule has 19 heavy (non-hydrogen) atoms. The molecule has 2 aromatic carbocycles. The lowest BCUT2D eigenvalue weighted by Crippen LogP contribution is -2.01. The van der Waals surface area contributed by atoms with Crippen molar-refractivity contribution in [1.82, 2.24) is 4.98 Å². The average molecular weight is 293 g/mol. The molecule has 2 nitrogen and oxygen atoms in total. The first kappa shape index (κ1) is 12.4. The van der Waals surface area contributed by atoms with Crippen molar-refractivity contribution in [2.75, 3.05) is 5.32 Å². The van der Waals surface area contributed by atoms with Gasteiger partial charge in [0, 0.05) is 0 Å². The number of benzene rings is 2. The third-order valence-electron chi connectivity index (χ3n) is 2.72. The van der Waals surface area contributed by atoms with E-state index in [-0.39, 0.29) is 5.02 Å². The fraction of sp³-hybridized carbons (Fsp3) is 0.0714. The molecule has 5 heteroatoms. The maximum Gasteiger partial charge on any atom is 0.164 e. The lowest BCUT2D eigenvalue weighted by Gasteiger charge is -2.06. The second kappa shape index (κ2) is 5.15. The number of hydrogen-bond acceptors (Lipinski definition) is 3. The fourth-order valence-electron chi connectivity index (χ4n) is 1.81. The SMILES string of the molecule is Fc1c(Cl)cccc1NCc1nc2ccccc2s1. The Morgan fingerprint density at radius 3 is 2.84 bits per heavy atom. The van der Waals surface area contributed by atoms with E-state index in [0.29, 0.717) is 12.2 Å². The third-order valence-corrected chi connectivity index (χ3v) is 4.05. The van der Waals surface area contributed by atoms with Crippen molar-refractivity contribution in [1.29, 1.82) is 0 Å². The number of halogens is 2. The predicted octanol–water partition coefficient (Wildman–Crippen LogP) is 4.70. The molecule has 1 heterocycles. The fourth-order valence-corrected chi connectivity index (χ4v) is 2.89. The highest BCUT2D eigenvalue weighted by molar-refractivity contribution is 7.18. The largest absolute Gasteiger partial charge is 0.376 e. The maximum atomic E-state index is 13.7. The molecular weight excluding hydrogens is 283 g/mol. The van der Waals surface area contributed by atoms with Gasteiger partial charge in [-0.15, -0.1) is 11.3 Å². The minimum atomic E-state index is -0.426. The second-order valence-corrected chi connectivity index (χ2v) is 5.55. The molecule has 1 aromatic heterocycles. The molecule has 3 aromatic rings. The van der Waals surface area contributed by atoms with Gasteiger partial charge in [0.25, 0.3) is 0 Å². The van der Waals surface area contributed by atoms with E-state index in [0.717, 1.165) is 15.2 Å². The molecule has 0 saturated carbocycles. The van der Waals surface area contributed by atoms with Crippen LogP contribution in [-0.2, 0) is 6.54 Å². The predicted molar refractivity (Wildman–Crippen MR) is 78.4 cm³/mol. The normalized spacial score (nSPS) is 10.8. The molecule has 3 rings (SSSR count). The molecule has 0 atom stereocenters. The summed E-state index contributed by atoms with van der Waals surface area (Å²) in [5, 5.41) is 4.06. The van der Waals surface area contributed by atoms with E-state index in [1.807, 2.05) is 24.3 Å². The molecule has 0 fully saturated rings.